The average molecular weight is 343 g/mol. The molecule has 0 saturated carbocycles. The largest absolute Gasteiger partial charge is 0.351 e. The predicted octanol–water partition coefficient (Wildman–Crippen LogP) is 0.479. The maximum Gasteiger partial charge on any atom is 0.243 e. The Labute approximate surface area is 136 Å². The van der Waals surface area contributed by atoms with Gasteiger partial charge in [0.15, 0.2) is 0 Å². The summed E-state index contributed by atoms with van der Waals surface area (Å²) in [5, 5.41) is 2.51. The molecule has 0 aliphatic carbocycles. The molecule has 0 aliphatic heterocycles. The van der Waals surface area contributed by atoms with Gasteiger partial charge in [-0.3, -0.25) is 4.79 Å². The quantitative estimate of drug-likeness (QED) is 0.639. The normalized spacial score (nSPS) is 12.0. The second kappa shape index (κ2) is 9.39. The number of amides is 1. The van der Waals surface area contributed by atoms with Crippen molar-refractivity contribution in [2.75, 3.05) is 32.9 Å². The van der Waals surface area contributed by atoms with Gasteiger partial charge in [0.25, 0.3) is 0 Å². The lowest BCUT2D eigenvalue weighted by molar-refractivity contribution is -0.116. The first-order valence-electron chi connectivity index (χ1n) is 7.09. The van der Waals surface area contributed by atoms with E-state index in [0.717, 1.165) is 0 Å². The van der Waals surface area contributed by atoms with Gasteiger partial charge in [-0.15, -0.1) is 0 Å². The number of nitrogens with one attached hydrogen (secondary N) is 2. The molecule has 2 N–H and O–H groups in total. The Morgan fingerprint density at radius 3 is 2.52 bits per heavy atom. The van der Waals surface area contributed by atoms with Gasteiger partial charge in [-0.25, -0.2) is 17.5 Å². The van der Waals surface area contributed by atoms with Crippen LogP contribution >= 0.6 is 0 Å². The second-order valence-corrected chi connectivity index (χ2v) is 7.15. The highest BCUT2D eigenvalue weighted by atomic mass is 32.2. The summed E-state index contributed by atoms with van der Waals surface area (Å²) < 4.78 is 38.7. The van der Waals surface area contributed by atoms with Crippen molar-refractivity contribution in [3.8, 4) is 0 Å². The summed E-state index contributed by atoms with van der Waals surface area (Å²) in [6, 6.07) is 5.55. The zero-order valence-corrected chi connectivity index (χ0v) is 14.1. The standard InChI is InChI=1S/C15H22FN3O3S/c1-19(2)10-3-4-15(20)17-9-11-23(21,22)18-12-13-5-7-14(16)8-6-13/h3-8,18H,9-12H2,1-2H3,(H,17,20)/b4-3+. The van der Waals surface area contributed by atoms with Crippen molar-refractivity contribution >= 4 is 15.9 Å². The fourth-order valence-electron chi connectivity index (χ4n) is 1.61. The first kappa shape index (κ1) is 19.3. The monoisotopic (exact) mass is 343 g/mol. The number of carbonyl (C=O) groups excluding carboxylic acids is 1. The van der Waals surface area contributed by atoms with Crippen molar-refractivity contribution in [2.24, 2.45) is 0 Å². The summed E-state index contributed by atoms with van der Waals surface area (Å²) in [7, 11) is 0.243. The Morgan fingerprint density at radius 1 is 1.26 bits per heavy atom. The van der Waals surface area contributed by atoms with E-state index in [-0.39, 0.29) is 30.6 Å². The maximum absolute atomic E-state index is 12.7. The summed E-state index contributed by atoms with van der Waals surface area (Å²) >= 11 is 0. The number of hydrogen-bond donors (Lipinski definition) is 2. The van der Waals surface area contributed by atoms with Crippen LogP contribution in [-0.2, 0) is 21.4 Å². The minimum Gasteiger partial charge on any atom is -0.351 e. The van der Waals surface area contributed by atoms with Crippen LogP contribution in [0.4, 0.5) is 4.39 Å². The maximum atomic E-state index is 12.7. The molecule has 0 heterocycles. The van der Waals surface area contributed by atoms with Crippen molar-refractivity contribution < 1.29 is 17.6 Å². The van der Waals surface area contributed by atoms with E-state index in [2.05, 4.69) is 10.0 Å². The topological polar surface area (TPSA) is 78.5 Å². The Morgan fingerprint density at radius 2 is 1.91 bits per heavy atom. The summed E-state index contributed by atoms with van der Waals surface area (Å²) in [6.07, 6.45) is 3.06. The molecule has 0 unspecified atom stereocenters. The minimum absolute atomic E-state index is 0.0177. The molecule has 0 radical (unpaired) electrons. The van der Waals surface area contributed by atoms with Crippen LogP contribution in [0.3, 0.4) is 0 Å². The smallest absolute Gasteiger partial charge is 0.243 e. The van der Waals surface area contributed by atoms with E-state index < -0.39 is 10.0 Å². The van der Waals surface area contributed by atoms with Gasteiger partial charge in [0.2, 0.25) is 15.9 Å². The lowest BCUT2D eigenvalue weighted by atomic mass is 10.2. The molecule has 0 saturated heterocycles. The number of likely N-dealkylation sites (N-methyl/N-ethyl adjacent to an activating group) is 1. The van der Waals surface area contributed by atoms with Crippen molar-refractivity contribution in [2.45, 2.75) is 6.54 Å². The van der Waals surface area contributed by atoms with Crippen molar-refractivity contribution in [1.29, 1.82) is 0 Å². The number of hydrogen-bond acceptors (Lipinski definition) is 4. The molecule has 1 aromatic rings. The molecule has 0 fully saturated rings. The van der Waals surface area contributed by atoms with E-state index in [4.69, 9.17) is 0 Å². The lowest BCUT2D eigenvalue weighted by Gasteiger charge is -2.07. The number of halogens is 1. The van der Waals surface area contributed by atoms with E-state index in [1.54, 1.807) is 6.08 Å². The average Bonchev–Trinajstić information content (AvgIpc) is 2.46. The Kier molecular flexibility index (Phi) is 7.87. The number of benzene rings is 1. The number of carbonyl (C=O) groups is 1. The second-order valence-electron chi connectivity index (χ2n) is 5.22. The summed E-state index contributed by atoms with van der Waals surface area (Å²) in [4.78, 5) is 13.4. The first-order valence-corrected chi connectivity index (χ1v) is 8.74. The molecule has 0 bridgehead atoms. The highest BCUT2D eigenvalue weighted by molar-refractivity contribution is 7.89. The molecular weight excluding hydrogens is 321 g/mol. The zero-order valence-electron chi connectivity index (χ0n) is 13.3. The van der Waals surface area contributed by atoms with E-state index in [1.807, 2.05) is 19.0 Å². The van der Waals surface area contributed by atoms with Gasteiger partial charge in [0.05, 0.1) is 5.75 Å². The van der Waals surface area contributed by atoms with Crippen LogP contribution in [0.5, 0.6) is 0 Å². The summed E-state index contributed by atoms with van der Waals surface area (Å²) in [5.41, 5.74) is 0.658. The fraction of sp³-hybridized carbons (Fsp3) is 0.400. The third-order valence-electron chi connectivity index (χ3n) is 2.82. The zero-order chi connectivity index (χ0) is 17.3. The Bertz CT molecular complexity index is 628. The van der Waals surface area contributed by atoms with Crippen LogP contribution < -0.4 is 10.0 Å². The SMILES string of the molecule is CN(C)C/C=C/C(=O)NCCS(=O)(=O)NCc1ccc(F)cc1. The predicted molar refractivity (Wildman–Crippen MR) is 87.7 cm³/mol. The highest BCUT2D eigenvalue weighted by Gasteiger charge is 2.10. The van der Waals surface area contributed by atoms with Crippen molar-refractivity contribution in [3.63, 3.8) is 0 Å². The Balaban J connectivity index is 2.31. The minimum atomic E-state index is -3.51. The van der Waals surface area contributed by atoms with Crippen LogP contribution in [0.25, 0.3) is 0 Å². The molecule has 1 rings (SSSR count). The van der Waals surface area contributed by atoms with Gasteiger partial charge >= 0.3 is 0 Å². The van der Waals surface area contributed by atoms with Gasteiger partial charge in [0, 0.05) is 25.7 Å². The number of nitrogens with zero attached hydrogens (tertiary/aromatic N) is 1. The van der Waals surface area contributed by atoms with E-state index >= 15 is 0 Å². The van der Waals surface area contributed by atoms with Gasteiger partial charge in [-0.2, -0.15) is 0 Å². The first-order chi connectivity index (χ1) is 10.8. The van der Waals surface area contributed by atoms with E-state index in [9.17, 15) is 17.6 Å². The van der Waals surface area contributed by atoms with Crippen LogP contribution in [0, 0.1) is 5.82 Å². The summed E-state index contributed by atoms with van der Waals surface area (Å²) in [6.45, 7) is 0.730. The number of rotatable bonds is 9. The molecular formula is C15H22FN3O3S. The van der Waals surface area contributed by atoms with Gasteiger partial charge in [0.1, 0.15) is 5.82 Å². The number of sulfonamides is 1. The summed E-state index contributed by atoms with van der Waals surface area (Å²) in [5.74, 6) is -0.927. The van der Waals surface area contributed by atoms with Crippen molar-refractivity contribution in [3.05, 3.63) is 47.8 Å². The van der Waals surface area contributed by atoms with Crippen LogP contribution in [-0.4, -0.2) is 52.2 Å². The van der Waals surface area contributed by atoms with Crippen LogP contribution in [0.1, 0.15) is 5.56 Å². The van der Waals surface area contributed by atoms with Gasteiger partial charge in [-0.1, -0.05) is 18.2 Å². The fourth-order valence-corrected chi connectivity index (χ4v) is 2.51. The van der Waals surface area contributed by atoms with Gasteiger partial charge in [-0.05, 0) is 31.8 Å². The molecule has 1 amide bonds. The highest BCUT2D eigenvalue weighted by Crippen LogP contribution is 2.02. The molecule has 23 heavy (non-hydrogen) atoms. The van der Waals surface area contributed by atoms with Gasteiger partial charge < -0.3 is 10.2 Å². The van der Waals surface area contributed by atoms with E-state index in [0.29, 0.717) is 12.1 Å². The third kappa shape index (κ3) is 9.07. The molecule has 0 spiro atoms. The van der Waals surface area contributed by atoms with Crippen LogP contribution in [0.15, 0.2) is 36.4 Å². The van der Waals surface area contributed by atoms with E-state index in [1.165, 1.54) is 30.3 Å². The third-order valence-corrected chi connectivity index (χ3v) is 4.15. The molecule has 0 aliphatic rings. The van der Waals surface area contributed by atoms with Crippen LogP contribution in [0.2, 0.25) is 0 Å². The molecule has 128 valence electrons. The Hall–Kier alpha value is -1.77. The molecule has 8 heteroatoms. The molecule has 1 aromatic carbocycles. The molecule has 6 nitrogen and oxygen atoms in total. The molecule has 0 aromatic heterocycles. The molecule has 0 atom stereocenters. The van der Waals surface area contributed by atoms with Crippen molar-refractivity contribution in [1.82, 2.24) is 14.9 Å². The lowest BCUT2D eigenvalue weighted by Crippen LogP contribution is -2.33.